The van der Waals surface area contributed by atoms with E-state index in [1.165, 1.54) is 18.2 Å². The quantitative estimate of drug-likeness (QED) is 0.688. The maximum Gasteiger partial charge on any atom is 0.338 e. The third kappa shape index (κ3) is 3.72. The van der Waals surface area contributed by atoms with E-state index in [-0.39, 0.29) is 11.5 Å². The van der Waals surface area contributed by atoms with Crippen LogP contribution in [0.25, 0.3) is 0 Å². The van der Waals surface area contributed by atoms with E-state index in [0.29, 0.717) is 16.1 Å². The summed E-state index contributed by atoms with van der Waals surface area (Å²) in [5.74, 6) is -1.58. The first-order valence-corrected chi connectivity index (χ1v) is 7.02. The summed E-state index contributed by atoms with van der Waals surface area (Å²) < 4.78 is 31.7. The fourth-order valence-electron chi connectivity index (χ4n) is 1.64. The molecule has 0 saturated heterocycles. The van der Waals surface area contributed by atoms with E-state index in [0.717, 1.165) is 30.0 Å². The Kier molecular flexibility index (Phi) is 4.80. The Hall–Kier alpha value is -2.08. The van der Waals surface area contributed by atoms with E-state index in [1.807, 2.05) is 0 Å². The zero-order chi connectivity index (χ0) is 15.4. The normalized spacial score (nSPS) is 10.4. The van der Waals surface area contributed by atoms with E-state index >= 15 is 0 Å². The summed E-state index contributed by atoms with van der Waals surface area (Å²) in [6.07, 6.45) is 0. The molecular weight excluding hydrogens is 296 g/mol. The lowest BCUT2D eigenvalue weighted by Gasteiger charge is -2.09. The van der Waals surface area contributed by atoms with Crippen molar-refractivity contribution in [3.8, 4) is 0 Å². The van der Waals surface area contributed by atoms with Gasteiger partial charge in [-0.3, -0.25) is 0 Å². The van der Waals surface area contributed by atoms with E-state index < -0.39 is 17.6 Å². The van der Waals surface area contributed by atoms with Crippen LogP contribution in [0, 0.1) is 11.6 Å². The molecule has 2 rings (SSSR count). The average Bonchev–Trinajstić information content (AvgIpc) is 2.45. The Morgan fingerprint density at radius 2 is 1.95 bits per heavy atom. The molecule has 0 radical (unpaired) electrons. The lowest BCUT2D eigenvalue weighted by Crippen LogP contribution is -2.05. The Morgan fingerprint density at radius 1 is 1.19 bits per heavy atom. The maximum atomic E-state index is 13.6. The van der Waals surface area contributed by atoms with Crippen molar-refractivity contribution in [3.05, 3.63) is 53.6 Å². The number of hydrogen-bond acceptors (Lipinski definition) is 4. The van der Waals surface area contributed by atoms with E-state index in [2.05, 4.69) is 0 Å². The van der Waals surface area contributed by atoms with Gasteiger partial charge in [0.25, 0.3) is 0 Å². The number of ether oxygens (including phenoxy) is 1. The monoisotopic (exact) mass is 309 g/mol. The topological polar surface area (TPSA) is 52.3 Å². The summed E-state index contributed by atoms with van der Waals surface area (Å²) in [4.78, 5) is 12.2. The first-order chi connectivity index (χ1) is 10.0. The summed E-state index contributed by atoms with van der Waals surface area (Å²) in [5.41, 5.74) is 6.49. The van der Waals surface area contributed by atoms with Crippen LogP contribution in [0.5, 0.6) is 0 Å². The third-order valence-corrected chi connectivity index (χ3v) is 3.74. The van der Waals surface area contributed by atoms with Crippen LogP contribution in [0.15, 0.2) is 46.2 Å². The minimum atomic E-state index is -0.553. The molecule has 0 bridgehead atoms. The Labute approximate surface area is 125 Å². The molecule has 6 heteroatoms. The summed E-state index contributed by atoms with van der Waals surface area (Å²) >= 11 is 0.957. The molecule has 3 nitrogen and oxygen atoms in total. The van der Waals surface area contributed by atoms with Gasteiger partial charge in [0, 0.05) is 10.6 Å². The number of carbonyl (C=O) groups is 1. The van der Waals surface area contributed by atoms with Gasteiger partial charge in [0.05, 0.1) is 17.1 Å². The van der Waals surface area contributed by atoms with Crippen LogP contribution >= 0.6 is 11.8 Å². The van der Waals surface area contributed by atoms with Crippen molar-refractivity contribution in [1.29, 1.82) is 0 Å². The predicted octanol–water partition coefficient (Wildman–Crippen LogP) is 3.87. The van der Waals surface area contributed by atoms with Gasteiger partial charge in [-0.1, -0.05) is 11.8 Å². The van der Waals surface area contributed by atoms with Gasteiger partial charge < -0.3 is 10.5 Å². The standard InChI is InChI=1S/C15H13F2NO2S/c1-2-20-15(19)9-3-6-12(18)14(7-9)21-13-8-10(16)4-5-11(13)17/h3-8H,2,18H2,1H3. The molecule has 0 unspecified atom stereocenters. The molecule has 0 aliphatic carbocycles. The number of rotatable bonds is 4. The van der Waals surface area contributed by atoms with Crippen molar-refractivity contribution < 1.29 is 18.3 Å². The molecule has 0 aromatic heterocycles. The lowest BCUT2D eigenvalue weighted by molar-refractivity contribution is 0.0526. The highest BCUT2D eigenvalue weighted by molar-refractivity contribution is 7.99. The number of nitrogen functional groups attached to an aromatic ring is 1. The number of carbonyl (C=O) groups excluding carboxylic acids is 1. The molecule has 0 amide bonds. The van der Waals surface area contributed by atoms with Gasteiger partial charge in [0.2, 0.25) is 0 Å². The van der Waals surface area contributed by atoms with Crippen molar-refractivity contribution in [2.75, 3.05) is 12.3 Å². The Bertz CT molecular complexity index is 677. The molecule has 0 saturated carbocycles. The van der Waals surface area contributed by atoms with Crippen LogP contribution in [-0.4, -0.2) is 12.6 Å². The van der Waals surface area contributed by atoms with Crippen molar-refractivity contribution in [2.45, 2.75) is 16.7 Å². The number of hydrogen-bond donors (Lipinski definition) is 1. The van der Waals surface area contributed by atoms with Gasteiger partial charge >= 0.3 is 5.97 Å². The number of esters is 1. The van der Waals surface area contributed by atoms with E-state index in [4.69, 9.17) is 10.5 Å². The van der Waals surface area contributed by atoms with Crippen LogP contribution < -0.4 is 5.73 Å². The average molecular weight is 309 g/mol. The fourth-order valence-corrected chi connectivity index (χ4v) is 2.58. The second-order valence-corrected chi connectivity index (χ2v) is 5.23. The minimum absolute atomic E-state index is 0.0997. The van der Waals surface area contributed by atoms with Crippen LogP contribution in [0.4, 0.5) is 14.5 Å². The lowest BCUT2D eigenvalue weighted by atomic mass is 10.2. The first kappa shape index (κ1) is 15.3. The van der Waals surface area contributed by atoms with E-state index in [9.17, 15) is 13.6 Å². The third-order valence-electron chi connectivity index (χ3n) is 2.64. The van der Waals surface area contributed by atoms with Gasteiger partial charge in [-0.25, -0.2) is 13.6 Å². The number of halogens is 2. The fraction of sp³-hybridized carbons (Fsp3) is 0.133. The molecule has 2 aromatic carbocycles. The molecule has 0 spiro atoms. The molecular formula is C15H13F2NO2S. The van der Waals surface area contributed by atoms with Crippen molar-refractivity contribution in [2.24, 2.45) is 0 Å². The van der Waals surface area contributed by atoms with E-state index in [1.54, 1.807) is 6.92 Å². The van der Waals surface area contributed by atoms with Crippen LogP contribution in [0.3, 0.4) is 0 Å². The summed E-state index contributed by atoms with van der Waals surface area (Å²) in [7, 11) is 0. The smallest absolute Gasteiger partial charge is 0.338 e. The zero-order valence-corrected chi connectivity index (χ0v) is 12.0. The second kappa shape index (κ2) is 6.58. The highest BCUT2D eigenvalue weighted by Crippen LogP contribution is 2.34. The summed E-state index contributed by atoms with van der Waals surface area (Å²) in [5, 5.41) is 0. The molecule has 2 aromatic rings. The SMILES string of the molecule is CCOC(=O)c1ccc(N)c(Sc2cc(F)ccc2F)c1. The molecule has 0 heterocycles. The van der Waals surface area contributed by atoms with Crippen molar-refractivity contribution in [1.82, 2.24) is 0 Å². The molecule has 0 aliphatic rings. The Morgan fingerprint density at radius 3 is 2.67 bits per heavy atom. The van der Waals surface area contributed by atoms with Gasteiger partial charge in [-0.05, 0) is 43.3 Å². The van der Waals surface area contributed by atoms with Gasteiger partial charge in [0.15, 0.2) is 0 Å². The minimum Gasteiger partial charge on any atom is -0.462 e. The van der Waals surface area contributed by atoms with Crippen LogP contribution in [-0.2, 0) is 4.74 Å². The number of benzene rings is 2. The molecule has 0 aliphatic heterocycles. The largest absolute Gasteiger partial charge is 0.462 e. The Balaban J connectivity index is 2.33. The summed E-state index contributed by atoms with van der Waals surface area (Å²) in [6.45, 7) is 1.96. The predicted molar refractivity (Wildman–Crippen MR) is 77.3 cm³/mol. The highest BCUT2D eigenvalue weighted by atomic mass is 32.2. The van der Waals surface area contributed by atoms with Crippen molar-refractivity contribution >= 4 is 23.4 Å². The molecule has 0 fully saturated rings. The number of anilines is 1. The van der Waals surface area contributed by atoms with Gasteiger partial charge in [-0.2, -0.15) is 0 Å². The molecule has 21 heavy (non-hydrogen) atoms. The van der Waals surface area contributed by atoms with Crippen LogP contribution in [0.1, 0.15) is 17.3 Å². The molecule has 110 valence electrons. The molecule has 0 atom stereocenters. The molecule has 2 N–H and O–H groups in total. The zero-order valence-electron chi connectivity index (χ0n) is 11.2. The number of nitrogens with two attached hydrogens (primary N) is 1. The first-order valence-electron chi connectivity index (χ1n) is 6.20. The van der Waals surface area contributed by atoms with Crippen LogP contribution in [0.2, 0.25) is 0 Å². The highest BCUT2D eigenvalue weighted by Gasteiger charge is 2.12. The summed E-state index contributed by atoms with van der Waals surface area (Å²) in [6, 6.07) is 7.73. The van der Waals surface area contributed by atoms with Gasteiger partial charge in [0.1, 0.15) is 11.6 Å². The van der Waals surface area contributed by atoms with Crippen molar-refractivity contribution in [3.63, 3.8) is 0 Å². The maximum absolute atomic E-state index is 13.6. The van der Waals surface area contributed by atoms with Gasteiger partial charge in [-0.15, -0.1) is 0 Å². The second-order valence-electron chi connectivity index (χ2n) is 4.15.